The standard InChI is InChI=1S/C11H21N5O2/c1-2-3-4-16-11(12-13-14-16)7-15-5-6-18-9-10(15)8-17/h10,17H,2-9H2,1H3. The van der Waals surface area contributed by atoms with Crippen LogP contribution in [0.4, 0.5) is 0 Å². The van der Waals surface area contributed by atoms with Gasteiger partial charge in [-0.2, -0.15) is 0 Å². The molecule has 0 aliphatic carbocycles. The molecule has 0 aromatic carbocycles. The van der Waals surface area contributed by atoms with Crippen molar-refractivity contribution in [3.63, 3.8) is 0 Å². The van der Waals surface area contributed by atoms with Crippen molar-refractivity contribution in [3.8, 4) is 0 Å². The van der Waals surface area contributed by atoms with Crippen LogP contribution in [0.5, 0.6) is 0 Å². The van der Waals surface area contributed by atoms with Crippen LogP contribution in [-0.4, -0.2) is 62.6 Å². The van der Waals surface area contributed by atoms with E-state index in [4.69, 9.17) is 4.74 Å². The number of aliphatic hydroxyl groups excluding tert-OH is 1. The van der Waals surface area contributed by atoms with E-state index in [9.17, 15) is 5.11 Å². The van der Waals surface area contributed by atoms with E-state index in [1.807, 2.05) is 4.68 Å². The van der Waals surface area contributed by atoms with Gasteiger partial charge in [0.2, 0.25) is 0 Å². The van der Waals surface area contributed by atoms with Crippen molar-refractivity contribution in [2.45, 2.75) is 38.9 Å². The van der Waals surface area contributed by atoms with Crippen LogP contribution in [0.1, 0.15) is 25.6 Å². The summed E-state index contributed by atoms with van der Waals surface area (Å²) in [5, 5.41) is 21.1. The third-order valence-corrected chi connectivity index (χ3v) is 3.23. The second-order valence-electron chi connectivity index (χ2n) is 4.55. The molecule has 7 nitrogen and oxygen atoms in total. The molecule has 1 fully saturated rings. The molecule has 1 aromatic heterocycles. The fraction of sp³-hybridized carbons (Fsp3) is 0.909. The summed E-state index contributed by atoms with van der Waals surface area (Å²) in [7, 11) is 0. The number of rotatable bonds is 6. The number of hydrogen-bond acceptors (Lipinski definition) is 6. The van der Waals surface area contributed by atoms with Gasteiger partial charge in [0.25, 0.3) is 0 Å². The molecule has 0 bridgehead atoms. The van der Waals surface area contributed by atoms with E-state index in [1.165, 1.54) is 0 Å². The topological polar surface area (TPSA) is 76.3 Å². The number of aryl methyl sites for hydroxylation is 1. The maximum atomic E-state index is 9.32. The summed E-state index contributed by atoms with van der Waals surface area (Å²) in [6, 6.07) is 0.0510. The molecule has 1 aromatic rings. The number of nitrogens with zero attached hydrogens (tertiary/aromatic N) is 5. The van der Waals surface area contributed by atoms with Gasteiger partial charge in [-0.05, 0) is 16.8 Å². The molecular formula is C11H21N5O2. The average Bonchev–Trinajstić information content (AvgIpc) is 2.84. The first-order chi connectivity index (χ1) is 8.85. The smallest absolute Gasteiger partial charge is 0.165 e. The van der Waals surface area contributed by atoms with Crippen molar-refractivity contribution in [2.24, 2.45) is 0 Å². The maximum absolute atomic E-state index is 9.32. The zero-order chi connectivity index (χ0) is 12.8. The van der Waals surface area contributed by atoms with Gasteiger partial charge in [-0.1, -0.05) is 13.3 Å². The molecule has 2 heterocycles. The molecule has 2 rings (SSSR count). The van der Waals surface area contributed by atoms with Crippen molar-refractivity contribution in [2.75, 3.05) is 26.4 Å². The van der Waals surface area contributed by atoms with Crippen LogP contribution in [0, 0.1) is 0 Å². The molecule has 1 N–H and O–H groups in total. The predicted octanol–water partition coefficient (Wildman–Crippen LogP) is -0.334. The first-order valence-corrected chi connectivity index (χ1v) is 6.52. The van der Waals surface area contributed by atoms with Crippen molar-refractivity contribution >= 4 is 0 Å². The summed E-state index contributed by atoms with van der Waals surface area (Å²) >= 11 is 0. The highest BCUT2D eigenvalue weighted by Crippen LogP contribution is 2.10. The molecule has 7 heteroatoms. The van der Waals surface area contributed by atoms with Gasteiger partial charge in [0.05, 0.1) is 32.4 Å². The lowest BCUT2D eigenvalue weighted by molar-refractivity contribution is -0.0328. The van der Waals surface area contributed by atoms with Crippen molar-refractivity contribution in [1.82, 2.24) is 25.1 Å². The van der Waals surface area contributed by atoms with Crippen LogP contribution in [0.2, 0.25) is 0 Å². The molecule has 18 heavy (non-hydrogen) atoms. The Labute approximate surface area is 107 Å². The van der Waals surface area contributed by atoms with E-state index in [0.717, 1.165) is 31.8 Å². The average molecular weight is 255 g/mol. The Morgan fingerprint density at radius 3 is 3.17 bits per heavy atom. The third kappa shape index (κ3) is 3.24. The molecule has 1 aliphatic rings. The summed E-state index contributed by atoms with van der Waals surface area (Å²) in [4.78, 5) is 2.18. The number of morpholine rings is 1. The second kappa shape index (κ2) is 6.77. The Morgan fingerprint density at radius 2 is 2.39 bits per heavy atom. The number of hydrogen-bond donors (Lipinski definition) is 1. The van der Waals surface area contributed by atoms with Gasteiger partial charge in [-0.15, -0.1) is 5.10 Å². The minimum absolute atomic E-state index is 0.0510. The van der Waals surface area contributed by atoms with Crippen LogP contribution in [-0.2, 0) is 17.8 Å². The van der Waals surface area contributed by atoms with Gasteiger partial charge in [-0.3, -0.25) is 4.90 Å². The Morgan fingerprint density at radius 1 is 1.50 bits per heavy atom. The first kappa shape index (κ1) is 13.4. The van der Waals surface area contributed by atoms with Gasteiger partial charge in [0.1, 0.15) is 0 Å². The minimum atomic E-state index is 0.0510. The van der Waals surface area contributed by atoms with Crippen LogP contribution in [0.15, 0.2) is 0 Å². The third-order valence-electron chi connectivity index (χ3n) is 3.23. The van der Waals surface area contributed by atoms with E-state index in [1.54, 1.807) is 0 Å². The highest BCUT2D eigenvalue weighted by Gasteiger charge is 2.24. The van der Waals surface area contributed by atoms with Crippen molar-refractivity contribution < 1.29 is 9.84 Å². The molecular weight excluding hydrogens is 234 g/mol. The number of ether oxygens (including phenoxy) is 1. The minimum Gasteiger partial charge on any atom is -0.395 e. The SMILES string of the molecule is CCCCn1nnnc1CN1CCOCC1CO. The Balaban J connectivity index is 1.96. The van der Waals surface area contributed by atoms with Gasteiger partial charge in [0, 0.05) is 13.1 Å². The lowest BCUT2D eigenvalue weighted by atomic mass is 10.2. The molecule has 1 atom stereocenters. The maximum Gasteiger partial charge on any atom is 0.165 e. The lowest BCUT2D eigenvalue weighted by Crippen LogP contribution is -2.47. The molecule has 1 unspecified atom stereocenters. The first-order valence-electron chi connectivity index (χ1n) is 6.52. The predicted molar refractivity (Wildman–Crippen MR) is 64.8 cm³/mol. The Kier molecular flexibility index (Phi) is 5.03. The lowest BCUT2D eigenvalue weighted by Gasteiger charge is -2.33. The largest absolute Gasteiger partial charge is 0.395 e. The summed E-state index contributed by atoms with van der Waals surface area (Å²) in [6.45, 7) is 5.87. The van der Waals surface area contributed by atoms with E-state index in [-0.39, 0.29) is 12.6 Å². The summed E-state index contributed by atoms with van der Waals surface area (Å²) in [6.07, 6.45) is 2.20. The van der Waals surface area contributed by atoms with E-state index >= 15 is 0 Å². The molecule has 0 saturated carbocycles. The van der Waals surface area contributed by atoms with E-state index in [2.05, 4.69) is 27.3 Å². The van der Waals surface area contributed by atoms with Gasteiger partial charge >= 0.3 is 0 Å². The number of tetrazole rings is 1. The normalized spacial score (nSPS) is 21.3. The second-order valence-corrected chi connectivity index (χ2v) is 4.55. The summed E-state index contributed by atoms with van der Waals surface area (Å²) < 4.78 is 7.21. The molecule has 102 valence electrons. The fourth-order valence-corrected chi connectivity index (χ4v) is 2.07. The van der Waals surface area contributed by atoms with Crippen LogP contribution in [0.25, 0.3) is 0 Å². The fourth-order valence-electron chi connectivity index (χ4n) is 2.07. The van der Waals surface area contributed by atoms with E-state index in [0.29, 0.717) is 19.8 Å². The number of aliphatic hydroxyl groups is 1. The molecule has 0 radical (unpaired) electrons. The van der Waals surface area contributed by atoms with Gasteiger partial charge in [0.15, 0.2) is 5.82 Å². The monoisotopic (exact) mass is 255 g/mol. The highest BCUT2D eigenvalue weighted by molar-refractivity contribution is 4.85. The Bertz CT molecular complexity index is 357. The highest BCUT2D eigenvalue weighted by atomic mass is 16.5. The molecule has 0 amide bonds. The van der Waals surface area contributed by atoms with Crippen LogP contribution >= 0.6 is 0 Å². The van der Waals surface area contributed by atoms with Crippen LogP contribution < -0.4 is 0 Å². The zero-order valence-corrected chi connectivity index (χ0v) is 10.8. The number of aromatic nitrogens is 4. The van der Waals surface area contributed by atoms with Crippen LogP contribution in [0.3, 0.4) is 0 Å². The quantitative estimate of drug-likeness (QED) is 0.750. The zero-order valence-electron chi connectivity index (χ0n) is 10.8. The Hall–Kier alpha value is -1.05. The van der Waals surface area contributed by atoms with Gasteiger partial charge in [-0.25, -0.2) is 4.68 Å². The van der Waals surface area contributed by atoms with E-state index < -0.39 is 0 Å². The summed E-state index contributed by atoms with van der Waals surface area (Å²) in [5.41, 5.74) is 0. The summed E-state index contributed by atoms with van der Waals surface area (Å²) in [5.74, 6) is 0.865. The van der Waals surface area contributed by atoms with Crippen molar-refractivity contribution in [1.29, 1.82) is 0 Å². The molecule has 0 spiro atoms. The molecule has 1 aliphatic heterocycles. The number of unbranched alkanes of at least 4 members (excludes halogenated alkanes) is 1. The molecule has 1 saturated heterocycles. The van der Waals surface area contributed by atoms with Crippen molar-refractivity contribution in [3.05, 3.63) is 5.82 Å². The van der Waals surface area contributed by atoms with Gasteiger partial charge < -0.3 is 9.84 Å².